The number of ether oxygens (including phenoxy) is 1. The normalized spacial score (nSPS) is 14.8. The van der Waals surface area contributed by atoms with E-state index in [1.165, 1.54) is 0 Å². The van der Waals surface area contributed by atoms with Gasteiger partial charge in [-0.05, 0) is 0 Å². The molecule has 0 N–H and O–H groups in total. The van der Waals surface area contributed by atoms with Gasteiger partial charge in [-0.3, -0.25) is 0 Å². The number of hydrogen-bond donors (Lipinski definition) is 0. The van der Waals surface area contributed by atoms with E-state index in [1.54, 1.807) is 4.74 Å². The van der Waals surface area contributed by atoms with E-state index < -0.39 is 25.1 Å². The van der Waals surface area contributed by atoms with E-state index in [4.69, 9.17) is 0 Å². The van der Waals surface area contributed by atoms with Crippen molar-refractivity contribution in [2.75, 3.05) is 6.67 Å². The van der Waals surface area contributed by atoms with E-state index in [-0.39, 0.29) is 0 Å². The van der Waals surface area contributed by atoms with E-state index in [1.807, 2.05) is 0 Å². The smallest absolute Gasteiger partial charge is 0.244 e. The molecule has 0 amide bonds. The van der Waals surface area contributed by atoms with Gasteiger partial charge in [0.15, 0.2) is 6.67 Å². The minimum Gasteiger partial charge on any atom is -0.244 e. The summed E-state index contributed by atoms with van der Waals surface area (Å²) in [5.74, 6) is -5.50. The molecule has 0 atom stereocenters. The lowest BCUT2D eigenvalue weighted by Gasteiger charge is -2.24. The molecule has 0 aromatic carbocycles. The van der Waals surface area contributed by atoms with Crippen molar-refractivity contribution in [3.63, 3.8) is 0 Å². The van der Waals surface area contributed by atoms with Crippen LogP contribution >= 0.6 is 0 Å². The number of alkyl halides is 8. The van der Waals surface area contributed by atoms with Gasteiger partial charge in [-0.25, -0.2) is 9.13 Å². The lowest BCUT2D eigenvalue weighted by molar-refractivity contribution is -0.466. The Hall–Kier alpha value is -0.600. The average molecular weight is 218 g/mol. The summed E-state index contributed by atoms with van der Waals surface area (Å²) in [5.41, 5.74) is 0. The van der Waals surface area contributed by atoms with E-state index in [2.05, 4.69) is 0 Å². The van der Waals surface area contributed by atoms with Crippen molar-refractivity contribution >= 4 is 0 Å². The summed E-state index contributed by atoms with van der Waals surface area (Å²) in [6, 6.07) is 0. The highest BCUT2D eigenvalue weighted by atomic mass is 19.4. The molecule has 1 nitrogen and oxygen atoms in total. The average Bonchev–Trinajstić information content (AvgIpc) is 1.81. The second-order valence-corrected chi connectivity index (χ2v) is 1.90. The number of hydrogen-bond acceptors (Lipinski definition) is 1. The first-order chi connectivity index (χ1) is 5.52. The summed E-state index contributed by atoms with van der Waals surface area (Å²) in [6.45, 7) is -2.95. The third-order valence-electron chi connectivity index (χ3n) is 0.838. The second kappa shape index (κ2) is 3.28. The molecule has 80 valence electrons. The topological polar surface area (TPSA) is 9.23 Å². The summed E-state index contributed by atoms with van der Waals surface area (Å²) in [7, 11) is 0. The lowest BCUT2D eigenvalue weighted by atomic mass is 10.3. The van der Waals surface area contributed by atoms with Crippen LogP contribution in [0.4, 0.5) is 35.1 Å². The summed E-state index contributed by atoms with van der Waals surface area (Å²) in [4.78, 5) is 0. The van der Waals surface area contributed by atoms with Crippen molar-refractivity contribution in [2.24, 2.45) is 0 Å². The first kappa shape index (κ1) is 12.4. The van der Waals surface area contributed by atoms with Crippen LogP contribution in [-0.2, 0) is 4.74 Å². The van der Waals surface area contributed by atoms with Crippen molar-refractivity contribution in [1.82, 2.24) is 0 Å². The predicted octanol–water partition coefficient (Wildman–Crippen LogP) is 2.72. The Kier molecular flexibility index (Phi) is 3.12. The fourth-order valence-electron chi connectivity index (χ4n) is 0.298. The molecule has 0 aliphatic heterocycles. The van der Waals surface area contributed by atoms with Crippen molar-refractivity contribution in [3.8, 4) is 0 Å². The predicted molar refractivity (Wildman–Crippen MR) is 23.0 cm³/mol. The summed E-state index contributed by atoms with van der Waals surface area (Å²) < 4.78 is 93.1. The minimum atomic E-state index is -5.96. The second-order valence-electron chi connectivity index (χ2n) is 1.90. The summed E-state index contributed by atoms with van der Waals surface area (Å²) in [6.07, 6.45) is -11.9. The zero-order chi connectivity index (χ0) is 10.9. The van der Waals surface area contributed by atoms with Gasteiger partial charge in [0.25, 0.3) is 0 Å². The number of rotatable bonds is 3. The molecule has 0 aromatic heterocycles. The Balaban J connectivity index is 4.58. The highest BCUT2D eigenvalue weighted by molar-refractivity contribution is 4.76. The Morgan fingerprint density at radius 3 is 1.46 bits per heavy atom. The third-order valence-corrected chi connectivity index (χ3v) is 0.838. The van der Waals surface area contributed by atoms with Gasteiger partial charge in [0.2, 0.25) is 0 Å². The molecule has 0 radical (unpaired) electrons. The van der Waals surface area contributed by atoms with Crippen LogP contribution in [0.15, 0.2) is 0 Å². The molecule has 0 rings (SSSR count). The zero-order valence-corrected chi connectivity index (χ0v) is 5.64. The Labute approximate surface area is 66.3 Å². The first-order valence-corrected chi connectivity index (χ1v) is 2.60. The van der Waals surface area contributed by atoms with Crippen molar-refractivity contribution in [2.45, 2.75) is 18.4 Å². The zero-order valence-electron chi connectivity index (χ0n) is 5.64. The Bertz CT molecular complexity index is 171. The van der Waals surface area contributed by atoms with Crippen LogP contribution in [0.1, 0.15) is 0 Å². The Morgan fingerprint density at radius 2 is 1.23 bits per heavy atom. The van der Waals surface area contributed by atoms with E-state index in [0.29, 0.717) is 0 Å². The van der Waals surface area contributed by atoms with Crippen LogP contribution in [0.5, 0.6) is 0 Å². The maximum atomic E-state index is 11.8. The van der Waals surface area contributed by atoms with Crippen LogP contribution in [-0.4, -0.2) is 25.1 Å². The molecule has 0 fully saturated rings. The highest BCUT2D eigenvalue weighted by Crippen LogP contribution is 2.39. The lowest BCUT2D eigenvalue weighted by Crippen LogP contribution is -2.47. The van der Waals surface area contributed by atoms with Crippen LogP contribution < -0.4 is 0 Å². The van der Waals surface area contributed by atoms with Crippen molar-refractivity contribution < 1.29 is 39.9 Å². The van der Waals surface area contributed by atoms with Gasteiger partial charge in [-0.2, -0.15) is 17.6 Å². The molecule has 0 unspecified atom stereocenters. The maximum absolute atomic E-state index is 11.8. The Morgan fingerprint density at radius 1 is 0.846 bits per heavy atom. The molecule has 0 saturated carbocycles. The van der Waals surface area contributed by atoms with E-state index in [0.717, 1.165) is 0 Å². The SMILES string of the molecule is FCC(F)(F)C(F)(F)OC(F)(F)F. The minimum absolute atomic E-state index is 1.76. The molecule has 0 bridgehead atoms. The molecular weight excluding hydrogens is 216 g/mol. The fraction of sp³-hybridized carbons (Fsp3) is 1.00. The summed E-state index contributed by atoms with van der Waals surface area (Å²) in [5, 5.41) is 0. The van der Waals surface area contributed by atoms with Gasteiger partial charge in [0.05, 0.1) is 0 Å². The van der Waals surface area contributed by atoms with Gasteiger partial charge in [-0.1, -0.05) is 0 Å². The maximum Gasteiger partial charge on any atom is 0.527 e. The highest BCUT2D eigenvalue weighted by Gasteiger charge is 2.63. The van der Waals surface area contributed by atoms with Crippen LogP contribution in [0.2, 0.25) is 0 Å². The molecular formula is C4H2F8O. The molecule has 0 aliphatic rings. The monoisotopic (exact) mass is 218 g/mol. The van der Waals surface area contributed by atoms with E-state index >= 15 is 0 Å². The largest absolute Gasteiger partial charge is 0.527 e. The van der Waals surface area contributed by atoms with Gasteiger partial charge < -0.3 is 0 Å². The first-order valence-electron chi connectivity index (χ1n) is 2.60. The molecule has 0 aliphatic carbocycles. The molecule has 0 heterocycles. The summed E-state index contributed by atoms with van der Waals surface area (Å²) >= 11 is 0. The standard InChI is InChI=1S/C4H2F8O/c5-1-2(6,7)3(8,9)13-4(10,11)12/h1H2. The van der Waals surface area contributed by atoms with E-state index in [9.17, 15) is 35.1 Å². The van der Waals surface area contributed by atoms with Gasteiger partial charge in [-0.15, -0.1) is 13.2 Å². The molecule has 0 spiro atoms. The van der Waals surface area contributed by atoms with Crippen molar-refractivity contribution in [1.29, 1.82) is 0 Å². The van der Waals surface area contributed by atoms with Crippen molar-refractivity contribution in [3.05, 3.63) is 0 Å². The van der Waals surface area contributed by atoms with Gasteiger partial charge >= 0.3 is 18.4 Å². The third kappa shape index (κ3) is 3.33. The molecule has 9 heteroatoms. The van der Waals surface area contributed by atoms with Gasteiger partial charge in [0, 0.05) is 0 Å². The molecule has 0 saturated heterocycles. The molecule has 0 aromatic rings. The van der Waals surface area contributed by atoms with Crippen LogP contribution in [0.3, 0.4) is 0 Å². The quantitative estimate of drug-likeness (QED) is 0.661. The number of halogens is 8. The fourth-order valence-corrected chi connectivity index (χ4v) is 0.298. The van der Waals surface area contributed by atoms with Crippen LogP contribution in [0.25, 0.3) is 0 Å². The van der Waals surface area contributed by atoms with Gasteiger partial charge in [0.1, 0.15) is 0 Å². The molecule has 13 heavy (non-hydrogen) atoms. The van der Waals surface area contributed by atoms with Crippen LogP contribution in [0, 0.1) is 0 Å².